The minimum absolute atomic E-state index is 0.0942. The van der Waals surface area contributed by atoms with E-state index in [9.17, 15) is 9.18 Å². The second-order valence-corrected chi connectivity index (χ2v) is 5.22. The summed E-state index contributed by atoms with van der Waals surface area (Å²) in [7, 11) is 0. The Labute approximate surface area is 137 Å². The Morgan fingerprint density at radius 2 is 2.00 bits per heavy atom. The predicted molar refractivity (Wildman–Crippen MR) is 86.1 cm³/mol. The Hall–Kier alpha value is -3.09. The Morgan fingerprint density at radius 3 is 2.67 bits per heavy atom. The maximum Gasteiger partial charge on any atom is 0.361 e. The number of carbonyl (C=O) groups is 1. The molecule has 0 radical (unpaired) electrons. The third-order valence-electron chi connectivity index (χ3n) is 3.60. The number of fused-ring (bicyclic) bond motifs is 1. The van der Waals surface area contributed by atoms with Gasteiger partial charge in [0.1, 0.15) is 12.4 Å². The molecular formula is C17H15FN4O2. The van der Waals surface area contributed by atoms with Crippen molar-refractivity contribution in [3.05, 3.63) is 59.8 Å². The molecule has 0 bridgehead atoms. The minimum atomic E-state index is -0.585. The van der Waals surface area contributed by atoms with Crippen LogP contribution in [0.15, 0.2) is 36.9 Å². The van der Waals surface area contributed by atoms with Crippen LogP contribution in [0.1, 0.15) is 21.9 Å². The summed E-state index contributed by atoms with van der Waals surface area (Å²) < 4.78 is 19.7. The van der Waals surface area contributed by atoms with E-state index in [-0.39, 0.29) is 18.1 Å². The van der Waals surface area contributed by atoms with E-state index in [4.69, 9.17) is 4.74 Å². The van der Waals surface area contributed by atoms with E-state index >= 15 is 0 Å². The van der Waals surface area contributed by atoms with Gasteiger partial charge in [0.15, 0.2) is 11.3 Å². The highest BCUT2D eigenvalue weighted by Gasteiger charge is 2.20. The number of nitrogens with zero attached hydrogens (tertiary/aromatic N) is 4. The number of benzene rings is 1. The monoisotopic (exact) mass is 326 g/mol. The summed E-state index contributed by atoms with van der Waals surface area (Å²) in [5.74, 6) is -0.902. The zero-order valence-corrected chi connectivity index (χ0v) is 13.3. The van der Waals surface area contributed by atoms with Crippen LogP contribution < -0.4 is 0 Å². The molecule has 0 amide bonds. The normalized spacial score (nSPS) is 10.8. The van der Waals surface area contributed by atoms with Crippen LogP contribution in [-0.4, -0.2) is 32.4 Å². The van der Waals surface area contributed by atoms with Crippen LogP contribution >= 0.6 is 0 Å². The fraction of sp³-hybridized carbons (Fsp3) is 0.176. The summed E-state index contributed by atoms with van der Waals surface area (Å²) in [4.78, 5) is 12.0. The number of carbonyl (C=O) groups excluding carboxylic acids is 1. The van der Waals surface area contributed by atoms with Gasteiger partial charge in [0.25, 0.3) is 0 Å². The van der Waals surface area contributed by atoms with Gasteiger partial charge in [-0.05, 0) is 31.5 Å². The Kier molecular flexibility index (Phi) is 4.07. The molecule has 2 aromatic heterocycles. The van der Waals surface area contributed by atoms with E-state index in [0.29, 0.717) is 17.0 Å². The number of esters is 1. The fourth-order valence-corrected chi connectivity index (χ4v) is 2.46. The second-order valence-electron chi connectivity index (χ2n) is 5.22. The van der Waals surface area contributed by atoms with Gasteiger partial charge in [0, 0.05) is 0 Å². The van der Waals surface area contributed by atoms with E-state index in [1.54, 1.807) is 23.6 Å². The number of hydrogen-bond donors (Lipinski definition) is 0. The van der Waals surface area contributed by atoms with Gasteiger partial charge < -0.3 is 4.74 Å². The molecule has 6 nitrogen and oxygen atoms in total. The first-order valence-corrected chi connectivity index (χ1v) is 7.29. The highest BCUT2D eigenvalue weighted by atomic mass is 19.1. The highest BCUT2D eigenvalue weighted by Crippen LogP contribution is 2.27. The van der Waals surface area contributed by atoms with Gasteiger partial charge in [-0.2, -0.15) is 5.10 Å². The van der Waals surface area contributed by atoms with Gasteiger partial charge in [-0.25, -0.2) is 13.7 Å². The molecule has 0 saturated heterocycles. The third-order valence-corrected chi connectivity index (χ3v) is 3.60. The van der Waals surface area contributed by atoms with Gasteiger partial charge in [-0.1, -0.05) is 24.8 Å². The Morgan fingerprint density at radius 1 is 1.29 bits per heavy atom. The van der Waals surface area contributed by atoms with Crippen molar-refractivity contribution in [2.45, 2.75) is 13.8 Å². The Bertz CT molecular complexity index is 932. The van der Waals surface area contributed by atoms with Gasteiger partial charge in [0.05, 0.1) is 17.0 Å². The van der Waals surface area contributed by atoms with Crippen LogP contribution in [0.25, 0.3) is 16.8 Å². The largest absolute Gasteiger partial charge is 0.457 e. The van der Waals surface area contributed by atoms with Crippen LogP contribution in [0.3, 0.4) is 0 Å². The smallest absolute Gasteiger partial charge is 0.361 e. The molecule has 0 unspecified atom stereocenters. The zero-order chi connectivity index (χ0) is 17.3. The third kappa shape index (κ3) is 2.64. The summed E-state index contributed by atoms with van der Waals surface area (Å²) in [5.41, 5.74) is 3.34. The summed E-state index contributed by atoms with van der Waals surface area (Å²) in [5, 5.41) is 12.5. The number of rotatable bonds is 4. The van der Waals surface area contributed by atoms with Crippen LogP contribution in [0, 0.1) is 19.7 Å². The van der Waals surface area contributed by atoms with Crippen molar-refractivity contribution in [3.8, 4) is 11.1 Å². The summed E-state index contributed by atoms with van der Waals surface area (Å²) >= 11 is 0. The summed E-state index contributed by atoms with van der Waals surface area (Å²) in [6.45, 7) is 7.13. The lowest BCUT2D eigenvalue weighted by molar-refractivity contribution is 0.0539. The maximum atomic E-state index is 13.1. The molecule has 3 rings (SSSR count). The first-order chi connectivity index (χ1) is 11.5. The molecule has 0 N–H and O–H groups in total. The van der Waals surface area contributed by atoms with E-state index in [0.717, 1.165) is 11.1 Å². The fourth-order valence-electron chi connectivity index (χ4n) is 2.46. The molecule has 0 spiro atoms. The lowest BCUT2D eigenvalue weighted by atomic mass is 10.1. The average molecular weight is 326 g/mol. The van der Waals surface area contributed by atoms with Crippen molar-refractivity contribution in [1.29, 1.82) is 0 Å². The van der Waals surface area contributed by atoms with Crippen LogP contribution in [0.4, 0.5) is 4.39 Å². The molecule has 2 heterocycles. The van der Waals surface area contributed by atoms with Gasteiger partial charge in [0.2, 0.25) is 0 Å². The highest BCUT2D eigenvalue weighted by molar-refractivity contribution is 5.89. The maximum absolute atomic E-state index is 13.1. The van der Waals surface area contributed by atoms with Crippen molar-refractivity contribution < 1.29 is 13.9 Å². The van der Waals surface area contributed by atoms with Crippen LogP contribution in [0.2, 0.25) is 0 Å². The lowest BCUT2D eigenvalue weighted by Gasteiger charge is -2.06. The van der Waals surface area contributed by atoms with Crippen molar-refractivity contribution in [2.24, 2.45) is 0 Å². The quantitative estimate of drug-likeness (QED) is 0.545. The molecule has 0 aliphatic heterocycles. The number of hydrogen-bond acceptors (Lipinski definition) is 5. The predicted octanol–water partition coefficient (Wildman–Crippen LogP) is 2.89. The molecule has 0 aliphatic carbocycles. The van der Waals surface area contributed by atoms with E-state index in [1.165, 1.54) is 18.2 Å². The molecule has 0 aliphatic rings. The Balaban J connectivity index is 2.13. The van der Waals surface area contributed by atoms with Gasteiger partial charge in [-0.15, -0.1) is 10.2 Å². The summed E-state index contributed by atoms with van der Waals surface area (Å²) in [6, 6.07) is 6.06. The number of halogens is 1. The van der Waals surface area contributed by atoms with Crippen molar-refractivity contribution in [3.63, 3.8) is 0 Å². The molecule has 0 atom stereocenters. The van der Waals surface area contributed by atoms with E-state index < -0.39 is 5.97 Å². The van der Waals surface area contributed by atoms with Crippen LogP contribution in [-0.2, 0) is 4.74 Å². The molecule has 122 valence electrons. The zero-order valence-electron chi connectivity index (χ0n) is 13.3. The van der Waals surface area contributed by atoms with Crippen LogP contribution in [0.5, 0.6) is 0 Å². The standard InChI is InChI=1S/C17H15FN4O2/c1-4-9-24-17(23)15-11(3)22-16(20-19-15)14(10(2)21-22)12-5-7-13(18)8-6-12/h4-8H,1,9H2,2-3H3. The van der Waals surface area contributed by atoms with Crippen molar-refractivity contribution in [1.82, 2.24) is 19.8 Å². The van der Waals surface area contributed by atoms with Crippen molar-refractivity contribution in [2.75, 3.05) is 6.61 Å². The first-order valence-electron chi connectivity index (χ1n) is 7.29. The SMILES string of the molecule is C=CCOC(=O)c1nnc2c(-c3ccc(F)cc3)c(C)nn2c1C. The number of aryl methyl sites for hydroxylation is 2. The van der Waals surface area contributed by atoms with Gasteiger partial charge >= 0.3 is 5.97 Å². The second kappa shape index (κ2) is 6.19. The molecule has 0 saturated carbocycles. The molecule has 24 heavy (non-hydrogen) atoms. The molecule has 0 fully saturated rings. The average Bonchev–Trinajstić information content (AvgIpc) is 2.91. The molecule has 1 aromatic carbocycles. The van der Waals surface area contributed by atoms with E-state index in [2.05, 4.69) is 21.9 Å². The number of ether oxygens (including phenoxy) is 1. The lowest BCUT2D eigenvalue weighted by Crippen LogP contribution is -2.14. The number of aromatic nitrogens is 4. The van der Waals surface area contributed by atoms with Crippen molar-refractivity contribution >= 4 is 11.6 Å². The summed E-state index contributed by atoms with van der Waals surface area (Å²) in [6.07, 6.45) is 1.48. The minimum Gasteiger partial charge on any atom is -0.457 e. The van der Waals surface area contributed by atoms with E-state index in [1.807, 2.05) is 6.92 Å². The van der Waals surface area contributed by atoms with Gasteiger partial charge in [-0.3, -0.25) is 0 Å². The molecule has 7 heteroatoms. The topological polar surface area (TPSA) is 69.4 Å². The molecular weight excluding hydrogens is 311 g/mol. The first kappa shape index (κ1) is 15.8. The molecule has 3 aromatic rings.